The number of benzene rings is 1. The summed E-state index contributed by atoms with van der Waals surface area (Å²) in [5.41, 5.74) is 7.47. The molecular weight excluding hydrogens is 408 g/mol. The predicted octanol–water partition coefficient (Wildman–Crippen LogP) is 2.29. The van der Waals surface area contributed by atoms with Gasteiger partial charge in [-0.3, -0.25) is 4.79 Å². The fraction of sp³-hybridized carbons (Fsp3) is 0.174. The number of aryl methyl sites for hydroxylation is 2. The van der Waals surface area contributed by atoms with Gasteiger partial charge < -0.3 is 15.3 Å². The number of hydrogen-bond acceptors (Lipinski definition) is 7. The van der Waals surface area contributed by atoms with E-state index >= 15 is 0 Å². The summed E-state index contributed by atoms with van der Waals surface area (Å²) in [7, 11) is 0. The van der Waals surface area contributed by atoms with Crippen molar-refractivity contribution < 1.29 is 14.3 Å². The monoisotopic (exact) mass is 428 g/mol. The number of nitrogens with two attached hydrogens (primary N) is 1. The van der Waals surface area contributed by atoms with Crippen LogP contribution < -0.4 is 5.73 Å². The van der Waals surface area contributed by atoms with Gasteiger partial charge in [-0.15, -0.1) is 10.2 Å². The van der Waals surface area contributed by atoms with E-state index in [-0.39, 0.29) is 11.6 Å². The molecule has 0 bridgehead atoms. The standard InChI is InChI=1S/C23H20N6O3/c1-14-8-10-25-29(14)18-12-19(26-20(13-18)21(24)30)17-6-4-5-16(11-17)7-9-23(3,31)22-28-27-15(2)32-22/h4-6,8,10-13,31H,1-3H3,(H2,24,30)/t23-/m1/s1. The topological polar surface area (TPSA) is 133 Å². The van der Waals surface area contributed by atoms with E-state index in [9.17, 15) is 9.90 Å². The molecule has 9 nitrogen and oxygen atoms in total. The van der Waals surface area contributed by atoms with Crippen molar-refractivity contribution in [3.8, 4) is 28.8 Å². The van der Waals surface area contributed by atoms with E-state index in [0.717, 1.165) is 11.3 Å². The Labute approximate surface area is 183 Å². The van der Waals surface area contributed by atoms with E-state index in [2.05, 4.69) is 32.1 Å². The van der Waals surface area contributed by atoms with Crippen LogP contribution in [0.1, 0.15) is 40.5 Å². The van der Waals surface area contributed by atoms with Crippen LogP contribution in [0.15, 0.2) is 53.1 Å². The first-order valence-corrected chi connectivity index (χ1v) is 9.72. The molecule has 1 atom stereocenters. The lowest BCUT2D eigenvalue weighted by Crippen LogP contribution is -2.19. The molecule has 1 aromatic carbocycles. The number of amides is 1. The Hall–Kier alpha value is -4.29. The second-order valence-corrected chi connectivity index (χ2v) is 7.37. The molecule has 0 saturated carbocycles. The van der Waals surface area contributed by atoms with Crippen LogP contribution in [0.5, 0.6) is 0 Å². The van der Waals surface area contributed by atoms with Crippen molar-refractivity contribution in [3.05, 3.63) is 77.4 Å². The summed E-state index contributed by atoms with van der Waals surface area (Å²) in [4.78, 5) is 16.3. The van der Waals surface area contributed by atoms with Crippen LogP contribution in [-0.4, -0.2) is 36.0 Å². The van der Waals surface area contributed by atoms with Gasteiger partial charge in [-0.25, -0.2) is 9.67 Å². The van der Waals surface area contributed by atoms with Crippen molar-refractivity contribution in [3.63, 3.8) is 0 Å². The number of hydrogen-bond donors (Lipinski definition) is 2. The number of primary amides is 1. The van der Waals surface area contributed by atoms with Gasteiger partial charge in [0.1, 0.15) is 5.69 Å². The minimum Gasteiger partial charge on any atom is -0.421 e. The molecule has 0 aliphatic rings. The van der Waals surface area contributed by atoms with Gasteiger partial charge in [0, 0.05) is 29.9 Å². The van der Waals surface area contributed by atoms with E-state index in [1.165, 1.54) is 6.92 Å². The smallest absolute Gasteiger partial charge is 0.267 e. The van der Waals surface area contributed by atoms with Crippen LogP contribution in [0.25, 0.3) is 16.9 Å². The van der Waals surface area contributed by atoms with Gasteiger partial charge >= 0.3 is 0 Å². The van der Waals surface area contributed by atoms with Crippen molar-refractivity contribution in [2.24, 2.45) is 5.73 Å². The third-order valence-corrected chi connectivity index (χ3v) is 4.69. The van der Waals surface area contributed by atoms with Crippen LogP contribution in [0.4, 0.5) is 0 Å². The van der Waals surface area contributed by atoms with E-state index in [4.69, 9.17) is 10.2 Å². The van der Waals surface area contributed by atoms with Crippen molar-refractivity contribution in [1.29, 1.82) is 0 Å². The zero-order valence-corrected chi connectivity index (χ0v) is 17.7. The maximum atomic E-state index is 11.9. The summed E-state index contributed by atoms with van der Waals surface area (Å²) in [5.74, 6) is 5.41. The Bertz CT molecular complexity index is 1370. The molecule has 0 radical (unpaired) electrons. The van der Waals surface area contributed by atoms with Crippen LogP contribution >= 0.6 is 0 Å². The average Bonchev–Trinajstić information content (AvgIpc) is 3.41. The number of aliphatic hydroxyl groups is 1. The van der Waals surface area contributed by atoms with Crippen molar-refractivity contribution in [2.75, 3.05) is 0 Å². The molecule has 0 fully saturated rings. The summed E-state index contributed by atoms with van der Waals surface area (Å²) < 4.78 is 6.99. The highest BCUT2D eigenvalue weighted by Gasteiger charge is 2.27. The number of rotatable bonds is 4. The van der Waals surface area contributed by atoms with Gasteiger partial charge in [-0.05, 0) is 44.2 Å². The molecule has 0 saturated heterocycles. The number of pyridine rings is 1. The van der Waals surface area contributed by atoms with E-state index in [1.807, 2.05) is 31.2 Å². The van der Waals surface area contributed by atoms with Gasteiger partial charge in [-0.2, -0.15) is 5.10 Å². The molecule has 32 heavy (non-hydrogen) atoms. The Balaban J connectivity index is 1.73. The fourth-order valence-electron chi connectivity index (χ4n) is 3.05. The molecule has 3 heterocycles. The Morgan fingerprint density at radius 1 is 1.19 bits per heavy atom. The normalized spacial score (nSPS) is 12.6. The van der Waals surface area contributed by atoms with Gasteiger partial charge in [-0.1, -0.05) is 24.0 Å². The van der Waals surface area contributed by atoms with Crippen LogP contribution in [0.2, 0.25) is 0 Å². The average molecular weight is 428 g/mol. The minimum absolute atomic E-state index is 0.0220. The molecular formula is C23H20N6O3. The summed E-state index contributed by atoms with van der Waals surface area (Å²) in [6.07, 6.45) is 1.67. The second-order valence-electron chi connectivity index (χ2n) is 7.37. The van der Waals surface area contributed by atoms with E-state index in [1.54, 1.807) is 36.0 Å². The number of aromatic nitrogens is 5. The molecule has 160 valence electrons. The third kappa shape index (κ3) is 4.26. The molecule has 4 aromatic rings. The lowest BCUT2D eigenvalue weighted by atomic mass is 10.0. The zero-order chi connectivity index (χ0) is 22.9. The van der Waals surface area contributed by atoms with Gasteiger partial charge in [0.05, 0.1) is 11.4 Å². The van der Waals surface area contributed by atoms with Crippen LogP contribution in [0, 0.1) is 25.7 Å². The SMILES string of the molecule is Cc1nnc([C@](C)(O)C#Cc2cccc(-c3cc(-n4nccc4C)cc(C(N)=O)n3)c2)o1. The highest BCUT2D eigenvalue weighted by atomic mass is 16.4. The third-order valence-electron chi connectivity index (χ3n) is 4.69. The largest absolute Gasteiger partial charge is 0.421 e. The summed E-state index contributed by atoms with van der Waals surface area (Å²) in [5, 5.41) is 22.4. The first kappa shape index (κ1) is 21.0. The molecule has 0 aliphatic heterocycles. The minimum atomic E-state index is -1.60. The molecule has 4 rings (SSSR count). The zero-order valence-electron chi connectivity index (χ0n) is 17.7. The summed E-state index contributed by atoms with van der Waals surface area (Å²) >= 11 is 0. The Kier molecular flexibility index (Phi) is 5.30. The quantitative estimate of drug-likeness (QED) is 0.477. The first-order chi connectivity index (χ1) is 15.2. The molecule has 0 spiro atoms. The van der Waals surface area contributed by atoms with Crippen LogP contribution in [-0.2, 0) is 5.60 Å². The lowest BCUT2D eigenvalue weighted by Gasteiger charge is -2.10. The van der Waals surface area contributed by atoms with Crippen molar-refractivity contribution in [1.82, 2.24) is 25.0 Å². The molecule has 1 amide bonds. The van der Waals surface area contributed by atoms with E-state index < -0.39 is 11.5 Å². The number of carbonyl (C=O) groups is 1. The van der Waals surface area contributed by atoms with E-state index in [0.29, 0.717) is 22.8 Å². The van der Waals surface area contributed by atoms with Gasteiger partial charge in [0.25, 0.3) is 11.8 Å². The maximum Gasteiger partial charge on any atom is 0.267 e. The summed E-state index contributed by atoms with van der Waals surface area (Å²) in [6.45, 7) is 5.02. The molecule has 3 aromatic heterocycles. The predicted molar refractivity (Wildman–Crippen MR) is 116 cm³/mol. The first-order valence-electron chi connectivity index (χ1n) is 9.72. The molecule has 0 aliphatic carbocycles. The van der Waals surface area contributed by atoms with Crippen molar-refractivity contribution >= 4 is 5.91 Å². The van der Waals surface area contributed by atoms with Crippen molar-refractivity contribution in [2.45, 2.75) is 26.4 Å². The number of carbonyl (C=O) groups excluding carboxylic acids is 1. The number of nitrogens with zero attached hydrogens (tertiary/aromatic N) is 5. The highest BCUT2D eigenvalue weighted by molar-refractivity contribution is 5.92. The Morgan fingerprint density at radius 3 is 2.66 bits per heavy atom. The molecule has 0 unspecified atom stereocenters. The summed E-state index contributed by atoms with van der Waals surface area (Å²) in [6, 6.07) is 12.5. The highest BCUT2D eigenvalue weighted by Crippen LogP contribution is 2.23. The van der Waals surface area contributed by atoms with Gasteiger partial charge in [0.15, 0.2) is 0 Å². The molecule has 3 N–H and O–H groups in total. The Morgan fingerprint density at radius 2 is 2.00 bits per heavy atom. The fourth-order valence-corrected chi connectivity index (χ4v) is 3.05. The van der Waals surface area contributed by atoms with Gasteiger partial charge in [0.2, 0.25) is 11.5 Å². The maximum absolute atomic E-state index is 11.9. The lowest BCUT2D eigenvalue weighted by molar-refractivity contribution is 0.0881. The molecule has 9 heteroatoms. The van der Waals surface area contributed by atoms with Crippen LogP contribution in [0.3, 0.4) is 0 Å². The second kappa shape index (κ2) is 8.09.